The van der Waals surface area contributed by atoms with Crippen LogP contribution in [0.2, 0.25) is 0 Å². The predicted molar refractivity (Wildman–Crippen MR) is 391 cm³/mol. The number of carbonyl (C=O) groups excluding carboxylic acids is 4. The van der Waals surface area contributed by atoms with Gasteiger partial charge in [-0.25, -0.2) is 9.13 Å². The van der Waals surface area contributed by atoms with E-state index in [4.69, 9.17) is 37.0 Å². The summed E-state index contributed by atoms with van der Waals surface area (Å²) in [5.74, 6) is 0.967. The summed E-state index contributed by atoms with van der Waals surface area (Å²) >= 11 is 0. The molecule has 0 aliphatic carbocycles. The molecule has 19 heteroatoms. The normalized spacial score (nSPS) is 14.7. The van der Waals surface area contributed by atoms with Crippen molar-refractivity contribution >= 4 is 39.5 Å². The van der Waals surface area contributed by atoms with Crippen LogP contribution in [0.1, 0.15) is 389 Å². The van der Waals surface area contributed by atoms with Crippen molar-refractivity contribution in [3.8, 4) is 0 Å². The number of hydrogen-bond donors (Lipinski definition) is 3. The third-order valence-electron chi connectivity index (χ3n) is 18.5. The van der Waals surface area contributed by atoms with Crippen LogP contribution >= 0.6 is 15.6 Å². The lowest BCUT2D eigenvalue weighted by atomic mass is 9.99. The molecule has 0 heterocycles. The van der Waals surface area contributed by atoms with Crippen LogP contribution in [0, 0.1) is 23.7 Å². The van der Waals surface area contributed by atoms with Crippen molar-refractivity contribution in [3.05, 3.63) is 0 Å². The Kier molecular flexibility index (Phi) is 65.0. The first-order valence-corrected chi connectivity index (χ1v) is 42.8. The number of unbranched alkanes of at least 4 members (excludes halogenated alkanes) is 38. The smallest absolute Gasteiger partial charge is 0.462 e. The van der Waals surface area contributed by atoms with Gasteiger partial charge in [0.05, 0.1) is 26.4 Å². The summed E-state index contributed by atoms with van der Waals surface area (Å²) in [6.45, 7) is 14.2. The molecule has 0 aromatic carbocycles. The molecule has 0 saturated heterocycles. The Labute approximate surface area is 588 Å². The first-order valence-electron chi connectivity index (χ1n) is 39.8. The van der Waals surface area contributed by atoms with Gasteiger partial charge in [-0.1, -0.05) is 338 Å². The minimum atomic E-state index is -4.96. The maximum Gasteiger partial charge on any atom is 0.472 e. The molecule has 0 spiro atoms. The van der Waals surface area contributed by atoms with Crippen LogP contribution in [0.15, 0.2) is 0 Å². The van der Waals surface area contributed by atoms with E-state index in [0.29, 0.717) is 31.6 Å². The minimum absolute atomic E-state index is 0.101. The largest absolute Gasteiger partial charge is 0.472 e. The van der Waals surface area contributed by atoms with E-state index in [1.54, 1.807) is 0 Å². The molecular formula is C77H150O17P2. The average Bonchev–Trinajstić information content (AvgIpc) is 1.69. The number of aliphatic hydroxyl groups excluding tert-OH is 1. The second-order valence-electron chi connectivity index (χ2n) is 29.2. The maximum absolute atomic E-state index is 13.1. The molecule has 0 aliphatic rings. The number of ether oxygens (including phenoxy) is 4. The molecule has 0 radical (unpaired) electrons. The first kappa shape index (κ1) is 94.1. The molecule has 0 aromatic heterocycles. The van der Waals surface area contributed by atoms with Crippen molar-refractivity contribution < 1.29 is 80.2 Å². The predicted octanol–water partition coefficient (Wildman–Crippen LogP) is 22.4. The SMILES string of the molecule is CCC(C)CCCCCCCCCCCCCCCCC(=O)OC[C@H](COP(=O)(O)OCC(O)COP(=O)(O)OC[C@@H](COC(=O)CCCCCCCCCCC(C)C)OC(=O)CCCCCCCCC(C)C)OC(=O)CCCCCCCCCCCCCCCCC(C)CC. The Balaban J connectivity index is 5.22. The average molecular weight is 1410 g/mol. The van der Waals surface area contributed by atoms with Gasteiger partial charge in [0.15, 0.2) is 12.2 Å². The third-order valence-corrected chi connectivity index (χ3v) is 20.4. The lowest BCUT2D eigenvalue weighted by Crippen LogP contribution is -2.30. The Morgan fingerprint density at radius 3 is 0.740 bits per heavy atom. The van der Waals surface area contributed by atoms with Crippen molar-refractivity contribution in [2.75, 3.05) is 39.6 Å². The van der Waals surface area contributed by atoms with E-state index in [1.165, 1.54) is 193 Å². The number of esters is 4. The monoisotopic (exact) mass is 1410 g/mol. The van der Waals surface area contributed by atoms with Crippen LogP contribution in [0.25, 0.3) is 0 Å². The molecule has 3 N–H and O–H groups in total. The van der Waals surface area contributed by atoms with Gasteiger partial charge in [-0.3, -0.25) is 37.3 Å². The van der Waals surface area contributed by atoms with Crippen molar-refractivity contribution in [1.29, 1.82) is 0 Å². The zero-order chi connectivity index (χ0) is 71.0. The molecule has 0 saturated carbocycles. The summed E-state index contributed by atoms with van der Waals surface area (Å²) in [6, 6.07) is 0. The van der Waals surface area contributed by atoms with Gasteiger partial charge in [0.2, 0.25) is 0 Å². The molecule has 570 valence electrons. The van der Waals surface area contributed by atoms with E-state index in [1.807, 2.05) is 0 Å². The molecular weight excluding hydrogens is 1260 g/mol. The Morgan fingerprint density at radius 1 is 0.292 bits per heavy atom. The summed E-state index contributed by atoms with van der Waals surface area (Å²) in [5, 5.41) is 10.6. The quantitative estimate of drug-likeness (QED) is 0.0222. The highest BCUT2D eigenvalue weighted by atomic mass is 31.2. The highest BCUT2D eigenvalue weighted by Crippen LogP contribution is 2.45. The fourth-order valence-corrected chi connectivity index (χ4v) is 13.2. The van der Waals surface area contributed by atoms with E-state index in [0.717, 1.165) is 108 Å². The highest BCUT2D eigenvalue weighted by molar-refractivity contribution is 7.47. The molecule has 17 nitrogen and oxygen atoms in total. The molecule has 0 fully saturated rings. The zero-order valence-electron chi connectivity index (χ0n) is 63.0. The zero-order valence-corrected chi connectivity index (χ0v) is 64.8. The van der Waals surface area contributed by atoms with Crippen molar-refractivity contribution in [2.45, 2.75) is 408 Å². The number of hydrogen-bond acceptors (Lipinski definition) is 15. The van der Waals surface area contributed by atoms with Gasteiger partial charge < -0.3 is 33.8 Å². The van der Waals surface area contributed by atoms with Gasteiger partial charge in [-0.15, -0.1) is 0 Å². The summed E-state index contributed by atoms with van der Waals surface area (Å²) < 4.78 is 68.5. The van der Waals surface area contributed by atoms with Gasteiger partial charge in [-0.2, -0.15) is 0 Å². The van der Waals surface area contributed by atoms with Crippen LogP contribution in [-0.4, -0.2) is 96.7 Å². The summed E-state index contributed by atoms with van der Waals surface area (Å²) in [5.41, 5.74) is 0. The lowest BCUT2D eigenvalue weighted by molar-refractivity contribution is -0.161. The number of phosphoric acid groups is 2. The van der Waals surface area contributed by atoms with Crippen LogP contribution in [0.4, 0.5) is 0 Å². The number of aliphatic hydroxyl groups is 1. The fraction of sp³-hybridized carbons (Fsp3) is 0.948. The number of rotatable bonds is 74. The van der Waals surface area contributed by atoms with Gasteiger partial charge in [-0.05, 0) is 49.4 Å². The Hall–Kier alpha value is -1.94. The van der Waals surface area contributed by atoms with Gasteiger partial charge in [0.1, 0.15) is 19.3 Å². The molecule has 0 aliphatic heterocycles. The summed E-state index contributed by atoms with van der Waals surface area (Å²) in [6.07, 6.45) is 51.5. The van der Waals surface area contributed by atoms with Crippen molar-refractivity contribution in [1.82, 2.24) is 0 Å². The van der Waals surface area contributed by atoms with Crippen molar-refractivity contribution in [2.24, 2.45) is 23.7 Å². The topological polar surface area (TPSA) is 237 Å². The lowest BCUT2D eigenvalue weighted by Gasteiger charge is -2.21. The molecule has 5 unspecified atom stereocenters. The van der Waals surface area contributed by atoms with Gasteiger partial charge >= 0.3 is 39.5 Å². The second-order valence-corrected chi connectivity index (χ2v) is 32.1. The minimum Gasteiger partial charge on any atom is -0.462 e. The van der Waals surface area contributed by atoms with Gasteiger partial charge in [0.25, 0.3) is 0 Å². The van der Waals surface area contributed by atoms with Gasteiger partial charge in [0, 0.05) is 25.7 Å². The van der Waals surface area contributed by atoms with Crippen LogP contribution in [0.3, 0.4) is 0 Å². The fourth-order valence-electron chi connectivity index (χ4n) is 11.7. The molecule has 0 amide bonds. The van der Waals surface area contributed by atoms with E-state index in [-0.39, 0.29) is 25.7 Å². The van der Waals surface area contributed by atoms with E-state index < -0.39 is 97.5 Å². The van der Waals surface area contributed by atoms with E-state index in [2.05, 4.69) is 55.4 Å². The molecule has 0 rings (SSSR count). The van der Waals surface area contributed by atoms with Crippen LogP contribution < -0.4 is 0 Å². The standard InChI is InChI=1S/C77H150O17P2/c1-9-69(7)55-47-39-30-23-19-15-11-13-17-21-25-32-41-49-57-74(79)87-63-72(93-76(81)59-51-43-34-26-22-18-14-12-16-20-24-31-40-48-56-70(8)10-2)65-91-95(83,84)89-61-71(78)62-90-96(85,86)92-66-73(94-77(82)60-52-44-36-35-38-46-54-68(5)6)64-88-75(80)58-50-42-33-28-27-29-37-45-53-67(3)4/h67-73,78H,9-66H2,1-8H3,(H,83,84)(H,85,86)/t69?,70?,71?,72-,73-/m1/s1. The first-order chi connectivity index (χ1) is 46.2. The third kappa shape index (κ3) is 67.9. The van der Waals surface area contributed by atoms with Crippen LogP contribution in [0.5, 0.6) is 0 Å². The highest BCUT2D eigenvalue weighted by Gasteiger charge is 2.30. The number of phosphoric ester groups is 2. The molecule has 96 heavy (non-hydrogen) atoms. The molecule has 0 aromatic rings. The number of carbonyl (C=O) groups is 4. The Bertz CT molecular complexity index is 1890. The van der Waals surface area contributed by atoms with E-state index in [9.17, 15) is 43.2 Å². The Morgan fingerprint density at radius 2 is 0.500 bits per heavy atom. The second kappa shape index (κ2) is 66.3. The molecule has 0 bridgehead atoms. The maximum atomic E-state index is 13.1. The summed E-state index contributed by atoms with van der Waals surface area (Å²) in [4.78, 5) is 72.8. The van der Waals surface area contributed by atoms with E-state index >= 15 is 0 Å². The summed E-state index contributed by atoms with van der Waals surface area (Å²) in [7, 11) is -9.91. The molecule has 7 atom stereocenters. The van der Waals surface area contributed by atoms with Crippen molar-refractivity contribution in [3.63, 3.8) is 0 Å². The van der Waals surface area contributed by atoms with Crippen LogP contribution in [-0.2, 0) is 65.4 Å².